The van der Waals surface area contributed by atoms with Gasteiger partial charge in [0.15, 0.2) is 34.5 Å². The molecule has 73 heavy (non-hydrogen) atoms. The molecule has 2 aliphatic heterocycles. The number of hydrogen-bond acceptors (Lipinski definition) is 17. The molecule has 4 N–H and O–H groups in total. The van der Waals surface area contributed by atoms with Gasteiger partial charge in [0.25, 0.3) is 11.8 Å². The molecule has 0 saturated carbocycles. The summed E-state index contributed by atoms with van der Waals surface area (Å²) in [7, 11) is 1.61. The molecule has 2 saturated heterocycles. The molecule has 8 aromatic rings. The number of piperazine rings is 2. The predicted octanol–water partition coefficient (Wildman–Crippen LogP) is 7.75. The number of methoxy groups -OCH3 is 1. The fourth-order valence-electron chi connectivity index (χ4n) is 8.41. The molecule has 0 bridgehead atoms. The van der Waals surface area contributed by atoms with Crippen molar-refractivity contribution >= 4 is 94.6 Å². The normalized spacial score (nSPS) is 13.8. The summed E-state index contributed by atoms with van der Waals surface area (Å²) in [6.45, 7) is 9.06. The molecule has 0 spiro atoms. The number of thiazole rings is 2. The van der Waals surface area contributed by atoms with Crippen molar-refractivity contribution in [3.8, 4) is 17.2 Å². The van der Waals surface area contributed by atoms with Crippen molar-refractivity contribution in [3.63, 3.8) is 0 Å². The van der Waals surface area contributed by atoms with Crippen LogP contribution in [0, 0.1) is 13.8 Å². The van der Waals surface area contributed by atoms with E-state index >= 15 is 0 Å². The summed E-state index contributed by atoms with van der Waals surface area (Å²) < 4.78 is 17.4. The highest BCUT2D eigenvalue weighted by Gasteiger charge is 2.27. The Hall–Kier alpha value is -7.16. The summed E-state index contributed by atoms with van der Waals surface area (Å²) >= 11 is 6.53. The summed E-state index contributed by atoms with van der Waals surface area (Å²) in [6, 6.07) is 31.8. The van der Waals surface area contributed by atoms with Crippen molar-refractivity contribution in [3.05, 3.63) is 134 Å². The number of nitrogen functional groups attached to an aromatic ring is 2. The highest BCUT2D eigenvalue weighted by molar-refractivity contribution is 9.10. The van der Waals surface area contributed by atoms with E-state index in [-0.39, 0.29) is 36.9 Å². The number of anilines is 4. The number of halogens is 1. The average Bonchev–Trinajstić information content (AvgIpc) is 4.03. The van der Waals surface area contributed by atoms with Crippen LogP contribution in [0.15, 0.2) is 102 Å². The molecule has 17 nitrogen and oxygen atoms in total. The van der Waals surface area contributed by atoms with Crippen molar-refractivity contribution < 1.29 is 23.8 Å². The maximum Gasteiger partial charge on any atom is 0.260 e. The smallest absolute Gasteiger partial charge is 0.260 e. The number of carbonyl (C=O) groups is 2. The largest absolute Gasteiger partial charge is 0.497 e. The van der Waals surface area contributed by atoms with E-state index in [1.54, 1.807) is 54.0 Å². The number of hydrogen-bond donors (Lipinski definition) is 2. The van der Waals surface area contributed by atoms with Crippen molar-refractivity contribution in [2.45, 2.75) is 39.5 Å². The first-order valence-electron chi connectivity index (χ1n) is 24.1. The lowest BCUT2D eigenvalue weighted by Crippen LogP contribution is -2.50. The van der Waals surface area contributed by atoms with E-state index in [1.165, 1.54) is 22.3 Å². The number of fused-ring (bicyclic) bond motifs is 2. The van der Waals surface area contributed by atoms with Gasteiger partial charge in [-0.05, 0) is 86.3 Å². The van der Waals surface area contributed by atoms with E-state index in [0.29, 0.717) is 63.9 Å². The first-order valence-corrected chi connectivity index (χ1v) is 26.5. The lowest BCUT2D eigenvalue weighted by atomic mass is 10.1. The van der Waals surface area contributed by atoms with Gasteiger partial charge in [0.1, 0.15) is 28.3 Å². The average molecular weight is 1090 g/mol. The van der Waals surface area contributed by atoms with Crippen LogP contribution < -0.4 is 35.5 Å². The van der Waals surface area contributed by atoms with Crippen molar-refractivity contribution in [2.24, 2.45) is 0 Å². The number of aryl methyl sites for hydroxylation is 6. The lowest BCUT2D eigenvalue weighted by Gasteiger charge is -2.35. The van der Waals surface area contributed by atoms with Crippen LogP contribution in [0.4, 0.5) is 23.5 Å². The van der Waals surface area contributed by atoms with Gasteiger partial charge in [-0.25, -0.2) is 19.9 Å². The number of nitrogens with two attached hydrogens (primary N) is 2. The van der Waals surface area contributed by atoms with E-state index < -0.39 is 0 Å². The zero-order chi connectivity index (χ0) is 50.8. The number of ether oxygens (including phenoxy) is 3. The summed E-state index contributed by atoms with van der Waals surface area (Å²) in [5.74, 6) is 3.93. The highest BCUT2D eigenvalue weighted by Crippen LogP contribution is 2.32. The quantitative estimate of drug-likeness (QED) is 0.101. The van der Waals surface area contributed by atoms with Gasteiger partial charge in [-0.15, -0.1) is 0 Å². The molecule has 0 aliphatic carbocycles. The molecule has 6 heterocycles. The van der Waals surface area contributed by atoms with Crippen molar-refractivity contribution in [1.82, 2.24) is 39.7 Å². The number of rotatable bonds is 15. The zero-order valence-electron chi connectivity index (χ0n) is 41.0. The fraction of sp³-hybridized carbons (Fsp3) is 0.321. The van der Waals surface area contributed by atoms with E-state index in [0.717, 1.165) is 78.3 Å². The van der Waals surface area contributed by atoms with Crippen molar-refractivity contribution in [2.75, 3.05) is 93.9 Å². The van der Waals surface area contributed by atoms with Gasteiger partial charge in [0.05, 0.1) is 17.1 Å². The second kappa shape index (κ2) is 23.6. The van der Waals surface area contributed by atoms with Crippen LogP contribution in [0.2, 0.25) is 0 Å². The predicted molar refractivity (Wildman–Crippen MR) is 292 cm³/mol. The Labute approximate surface area is 440 Å². The zero-order valence-corrected chi connectivity index (χ0v) is 44.2. The molecular formula is C53H57BrN12O5S2. The Kier molecular flexibility index (Phi) is 16.4. The molecule has 4 aromatic heterocycles. The van der Waals surface area contributed by atoms with Gasteiger partial charge in [-0.2, -0.15) is 9.97 Å². The number of nitrogens with zero attached hydrogens (tertiary/aromatic N) is 10. The summed E-state index contributed by atoms with van der Waals surface area (Å²) in [5, 5.41) is 2.03. The van der Waals surface area contributed by atoms with Gasteiger partial charge < -0.3 is 45.3 Å². The molecule has 2 amide bonds. The maximum atomic E-state index is 12.7. The first-order chi connectivity index (χ1) is 35.4. The van der Waals surface area contributed by atoms with Crippen LogP contribution in [0.3, 0.4) is 0 Å². The monoisotopic (exact) mass is 1080 g/mol. The molecule has 4 aromatic carbocycles. The molecule has 0 radical (unpaired) electrons. The molecular weight excluding hydrogens is 1030 g/mol. The topological polar surface area (TPSA) is 204 Å². The Morgan fingerprint density at radius 1 is 0.521 bits per heavy atom. The van der Waals surface area contributed by atoms with E-state index in [1.807, 2.05) is 34.1 Å². The third kappa shape index (κ3) is 13.3. The molecule has 0 unspecified atom stereocenters. The Bertz CT molecular complexity index is 3140. The van der Waals surface area contributed by atoms with Crippen molar-refractivity contribution in [1.29, 1.82) is 0 Å². The summed E-state index contributed by atoms with van der Waals surface area (Å²) in [6.07, 6.45) is 3.50. The van der Waals surface area contributed by atoms with Gasteiger partial charge in [0.2, 0.25) is 11.9 Å². The summed E-state index contributed by atoms with van der Waals surface area (Å²) in [5.41, 5.74) is 18.7. The number of amides is 2. The Morgan fingerprint density at radius 2 is 0.904 bits per heavy atom. The molecule has 2 fully saturated rings. The molecule has 2 aliphatic rings. The Balaban J connectivity index is 0.000000180. The second-order valence-corrected chi connectivity index (χ2v) is 20.8. The van der Waals surface area contributed by atoms with Crippen LogP contribution in [0.25, 0.3) is 20.7 Å². The van der Waals surface area contributed by atoms with Gasteiger partial charge in [0, 0.05) is 69.7 Å². The van der Waals surface area contributed by atoms with Gasteiger partial charge in [-0.1, -0.05) is 98.3 Å². The molecule has 20 heteroatoms. The third-order valence-electron chi connectivity index (χ3n) is 12.6. The van der Waals surface area contributed by atoms with Gasteiger partial charge in [-0.3, -0.25) is 9.59 Å². The number of aromatic nitrogens is 6. The maximum absolute atomic E-state index is 12.7. The minimum absolute atomic E-state index is 0.00649. The summed E-state index contributed by atoms with van der Waals surface area (Å²) in [4.78, 5) is 62.6. The van der Waals surface area contributed by atoms with Crippen LogP contribution in [0.5, 0.6) is 17.2 Å². The van der Waals surface area contributed by atoms with Crippen LogP contribution in [-0.4, -0.2) is 124 Å². The van der Waals surface area contributed by atoms with E-state index in [2.05, 4.69) is 108 Å². The first kappa shape index (κ1) is 50.8. The number of benzene rings is 4. The Morgan fingerprint density at radius 3 is 1.30 bits per heavy atom. The minimum Gasteiger partial charge on any atom is -0.497 e. The molecule has 0 atom stereocenters. The van der Waals surface area contributed by atoms with Gasteiger partial charge >= 0.3 is 0 Å². The standard InChI is InChI=1S/C27H30N6O3S.C26H27BrN6O2S/c1-18-3-5-19(6-4-18)7-12-22-29-24-25(30-27(28)31-26(24)37-22)33-15-13-32(14-16-33)23(34)17-36-21-10-8-20(35-2)9-11-21;1-17-2-4-18(5-3-17)6-11-21-29-23-24(30-26(28)31-25(23)36-21)33-14-12-32(13-15-33)22(34)16-35-20-9-7-19(27)8-10-20/h3-6,8-11H,7,12-17H2,1-2H3,(H2,28,30,31);2-5,7-10H,6,11-16H2,1H3,(H2,28,30,31). The minimum atomic E-state index is -0.0464. The van der Waals surface area contributed by atoms with Crippen LogP contribution in [0.1, 0.15) is 32.3 Å². The van der Waals surface area contributed by atoms with Crippen LogP contribution in [-0.2, 0) is 35.3 Å². The molecule has 10 rings (SSSR count). The third-order valence-corrected chi connectivity index (χ3v) is 15.1. The highest BCUT2D eigenvalue weighted by atomic mass is 79.9. The second-order valence-electron chi connectivity index (χ2n) is 17.7. The van der Waals surface area contributed by atoms with Crippen LogP contribution >= 0.6 is 38.6 Å². The fourth-order valence-corrected chi connectivity index (χ4v) is 10.6. The molecule has 378 valence electrons. The SMILES string of the molecule is COc1ccc(OCC(=O)N2CCN(c3nc(N)nc4sc(CCc5ccc(C)cc5)nc34)CC2)cc1.Cc1ccc(CCc2nc3c(N4CCN(C(=O)COc5ccc(Br)cc5)CC4)nc(N)nc3s2)cc1. The van der Waals surface area contributed by atoms with E-state index in [9.17, 15) is 9.59 Å². The van der Waals surface area contributed by atoms with E-state index in [4.69, 9.17) is 35.6 Å². The number of carbonyl (C=O) groups excluding carboxylic acids is 2. The lowest BCUT2D eigenvalue weighted by molar-refractivity contribution is -0.134.